The second-order valence-electron chi connectivity index (χ2n) is 2.79. The van der Waals surface area contributed by atoms with E-state index >= 15 is 0 Å². The van der Waals surface area contributed by atoms with Crippen LogP contribution in [0.4, 0.5) is 0 Å². The van der Waals surface area contributed by atoms with Crippen molar-refractivity contribution in [3.63, 3.8) is 0 Å². The minimum Gasteiger partial charge on any atom is -0.461 e. The van der Waals surface area contributed by atoms with E-state index in [0.29, 0.717) is 12.3 Å². The molecule has 14 heavy (non-hydrogen) atoms. The number of hydrogen-bond donors (Lipinski definition) is 0. The van der Waals surface area contributed by atoms with Crippen LogP contribution < -0.4 is 0 Å². The zero-order valence-electron chi connectivity index (χ0n) is 7.80. The van der Waals surface area contributed by atoms with Crippen molar-refractivity contribution in [1.82, 2.24) is 9.38 Å². The highest BCUT2D eigenvalue weighted by Crippen LogP contribution is 2.08. The zero-order chi connectivity index (χ0) is 9.97. The summed E-state index contributed by atoms with van der Waals surface area (Å²) in [5, 5.41) is 0. The Morgan fingerprint density at radius 1 is 1.57 bits per heavy atom. The van der Waals surface area contributed by atoms with E-state index < -0.39 is 0 Å². The van der Waals surface area contributed by atoms with Gasteiger partial charge in [-0.1, -0.05) is 0 Å². The van der Waals surface area contributed by atoms with Crippen LogP contribution in [0.25, 0.3) is 5.65 Å². The third-order valence-corrected chi connectivity index (χ3v) is 1.91. The number of ether oxygens (including phenoxy) is 1. The van der Waals surface area contributed by atoms with Crippen molar-refractivity contribution in [2.45, 2.75) is 6.92 Å². The SMILES string of the molecule is CCOC(=O)c1ccc2ncccn12. The number of carbonyl (C=O) groups excluding carboxylic acids is 1. The summed E-state index contributed by atoms with van der Waals surface area (Å²) < 4.78 is 6.61. The maximum Gasteiger partial charge on any atom is 0.355 e. The molecule has 0 saturated carbocycles. The van der Waals surface area contributed by atoms with Crippen molar-refractivity contribution >= 4 is 11.6 Å². The molecule has 0 saturated heterocycles. The molecular weight excluding hydrogens is 180 g/mol. The lowest BCUT2D eigenvalue weighted by Crippen LogP contribution is -2.07. The molecule has 0 amide bonds. The summed E-state index contributed by atoms with van der Waals surface area (Å²) in [7, 11) is 0. The first-order valence-corrected chi connectivity index (χ1v) is 4.42. The standard InChI is InChI=1S/C10H10N2O2/c1-2-14-10(13)8-4-5-9-11-6-3-7-12(8)9/h3-7H,2H2,1H3. The van der Waals surface area contributed by atoms with Crippen molar-refractivity contribution in [3.8, 4) is 0 Å². The van der Waals surface area contributed by atoms with E-state index in [0.717, 1.165) is 5.65 Å². The topological polar surface area (TPSA) is 43.6 Å². The summed E-state index contributed by atoms with van der Waals surface area (Å²) >= 11 is 0. The van der Waals surface area contributed by atoms with Crippen LogP contribution in [0.5, 0.6) is 0 Å². The van der Waals surface area contributed by atoms with Crippen LogP contribution in [-0.4, -0.2) is 22.0 Å². The molecule has 0 aliphatic carbocycles. The first-order chi connectivity index (χ1) is 6.83. The highest BCUT2D eigenvalue weighted by atomic mass is 16.5. The van der Waals surface area contributed by atoms with Crippen LogP contribution in [0.15, 0.2) is 30.6 Å². The first-order valence-electron chi connectivity index (χ1n) is 4.42. The summed E-state index contributed by atoms with van der Waals surface area (Å²) in [5.41, 5.74) is 1.26. The van der Waals surface area contributed by atoms with E-state index in [-0.39, 0.29) is 5.97 Å². The van der Waals surface area contributed by atoms with Gasteiger partial charge in [0.2, 0.25) is 0 Å². The van der Waals surface area contributed by atoms with Crippen LogP contribution in [0.1, 0.15) is 17.4 Å². The Morgan fingerprint density at radius 2 is 2.43 bits per heavy atom. The lowest BCUT2D eigenvalue weighted by atomic mass is 10.4. The second kappa shape index (κ2) is 3.49. The molecule has 2 aromatic rings. The molecule has 0 unspecified atom stereocenters. The minimum absolute atomic E-state index is 0.319. The van der Waals surface area contributed by atoms with E-state index in [1.54, 1.807) is 41.9 Å². The molecule has 72 valence electrons. The van der Waals surface area contributed by atoms with Gasteiger partial charge in [-0.15, -0.1) is 0 Å². The van der Waals surface area contributed by atoms with E-state index in [2.05, 4.69) is 4.98 Å². The predicted octanol–water partition coefficient (Wildman–Crippen LogP) is 1.51. The number of rotatable bonds is 2. The molecule has 0 bridgehead atoms. The van der Waals surface area contributed by atoms with Crippen molar-refractivity contribution < 1.29 is 9.53 Å². The maximum absolute atomic E-state index is 11.4. The fourth-order valence-corrected chi connectivity index (χ4v) is 1.31. The van der Waals surface area contributed by atoms with Gasteiger partial charge < -0.3 is 4.74 Å². The zero-order valence-corrected chi connectivity index (χ0v) is 7.80. The molecular formula is C10H10N2O2. The lowest BCUT2D eigenvalue weighted by molar-refractivity contribution is 0.0518. The summed E-state index contributed by atoms with van der Waals surface area (Å²) in [5.74, 6) is -0.319. The quantitative estimate of drug-likeness (QED) is 0.674. The number of nitrogens with zero attached hydrogens (tertiary/aromatic N) is 2. The Hall–Kier alpha value is -1.84. The van der Waals surface area contributed by atoms with Crippen molar-refractivity contribution in [2.24, 2.45) is 0 Å². The molecule has 0 atom stereocenters. The monoisotopic (exact) mass is 190 g/mol. The van der Waals surface area contributed by atoms with Gasteiger partial charge in [0, 0.05) is 12.4 Å². The normalized spacial score (nSPS) is 10.4. The molecule has 0 spiro atoms. The summed E-state index contributed by atoms with van der Waals surface area (Å²) in [4.78, 5) is 15.5. The molecule has 2 aromatic heterocycles. The molecule has 0 N–H and O–H groups in total. The van der Waals surface area contributed by atoms with Crippen LogP contribution in [0, 0.1) is 0 Å². The van der Waals surface area contributed by atoms with Gasteiger partial charge in [-0.05, 0) is 25.1 Å². The van der Waals surface area contributed by atoms with Gasteiger partial charge in [0.05, 0.1) is 6.61 Å². The Kier molecular flexibility index (Phi) is 2.18. The molecule has 0 radical (unpaired) electrons. The van der Waals surface area contributed by atoms with Crippen LogP contribution >= 0.6 is 0 Å². The molecule has 0 aliphatic rings. The molecule has 0 aliphatic heterocycles. The second-order valence-corrected chi connectivity index (χ2v) is 2.79. The highest BCUT2D eigenvalue weighted by Gasteiger charge is 2.10. The predicted molar refractivity (Wildman–Crippen MR) is 51.1 cm³/mol. The van der Waals surface area contributed by atoms with Gasteiger partial charge in [-0.3, -0.25) is 4.40 Å². The Morgan fingerprint density at radius 3 is 3.21 bits per heavy atom. The maximum atomic E-state index is 11.4. The fraction of sp³-hybridized carbons (Fsp3) is 0.200. The van der Waals surface area contributed by atoms with Crippen molar-refractivity contribution in [1.29, 1.82) is 0 Å². The van der Waals surface area contributed by atoms with E-state index in [4.69, 9.17) is 4.74 Å². The van der Waals surface area contributed by atoms with Gasteiger partial charge in [-0.2, -0.15) is 0 Å². The molecule has 0 aromatic carbocycles. The van der Waals surface area contributed by atoms with E-state index in [9.17, 15) is 4.79 Å². The molecule has 4 heteroatoms. The van der Waals surface area contributed by atoms with Crippen molar-refractivity contribution in [3.05, 3.63) is 36.3 Å². The number of aromatic nitrogens is 2. The Bertz CT molecular complexity index is 462. The largest absolute Gasteiger partial charge is 0.461 e. The third-order valence-electron chi connectivity index (χ3n) is 1.91. The smallest absolute Gasteiger partial charge is 0.355 e. The summed E-state index contributed by atoms with van der Waals surface area (Å²) in [6.45, 7) is 2.16. The van der Waals surface area contributed by atoms with Gasteiger partial charge in [0.25, 0.3) is 0 Å². The Labute approximate surface area is 81.1 Å². The minimum atomic E-state index is -0.319. The van der Waals surface area contributed by atoms with Gasteiger partial charge in [-0.25, -0.2) is 9.78 Å². The number of fused-ring (bicyclic) bond motifs is 1. The molecule has 0 fully saturated rings. The fourth-order valence-electron chi connectivity index (χ4n) is 1.31. The van der Waals surface area contributed by atoms with Crippen LogP contribution in [0.3, 0.4) is 0 Å². The lowest BCUT2D eigenvalue weighted by Gasteiger charge is -2.01. The molecule has 2 heterocycles. The van der Waals surface area contributed by atoms with Crippen LogP contribution in [-0.2, 0) is 4.74 Å². The van der Waals surface area contributed by atoms with Crippen molar-refractivity contribution in [2.75, 3.05) is 6.61 Å². The van der Waals surface area contributed by atoms with E-state index in [1.807, 2.05) is 0 Å². The average Bonchev–Trinajstić information content (AvgIpc) is 2.61. The van der Waals surface area contributed by atoms with Crippen LogP contribution in [0.2, 0.25) is 0 Å². The number of esters is 1. The van der Waals surface area contributed by atoms with Gasteiger partial charge in [0.15, 0.2) is 0 Å². The highest BCUT2D eigenvalue weighted by molar-refractivity contribution is 5.89. The first kappa shape index (κ1) is 8.74. The summed E-state index contributed by atoms with van der Waals surface area (Å²) in [6.07, 6.45) is 3.47. The third kappa shape index (κ3) is 1.35. The number of carbonyl (C=O) groups is 1. The number of hydrogen-bond acceptors (Lipinski definition) is 3. The average molecular weight is 190 g/mol. The summed E-state index contributed by atoms with van der Waals surface area (Å²) in [6, 6.07) is 5.27. The van der Waals surface area contributed by atoms with Gasteiger partial charge in [0.1, 0.15) is 11.3 Å². The van der Waals surface area contributed by atoms with Gasteiger partial charge >= 0.3 is 5.97 Å². The molecule has 2 rings (SSSR count). The Balaban J connectivity index is 2.47. The molecule has 4 nitrogen and oxygen atoms in total. The van der Waals surface area contributed by atoms with E-state index in [1.165, 1.54) is 0 Å².